The molecule has 0 aromatic carbocycles. The van der Waals surface area contributed by atoms with Crippen molar-refractivity contribution in [2.45, 2.75) is 25.0 Å². The highest BCUT2D eigenvalue weighted by Crippen LogP contribution is 2.33. The van der Waals surface area contributed by atoms with Crippen LogP contribution < -0.4 is 0 Å². The van der Waals surface area contributed by atoms with Crippen molar-refractivity contribution in [3.8, 4) is 0 Å². The Labute approximate surface area is 74.9 Å². The zero-order valence-electron chi connectivity index (χ0n) is 6.30. The molecule has 0 saturated heterocycles. The molecule has 60 valence electrons. The van der Waals surface area contributed by atoms with Crippen LogP contribution in [0.2, 0.25) is 5.15 Å². The fraction of sp³-hybridized carbons (Fsp3) is 0.571. The van der Waals surface area contributed by atoms with E-state index in [4.69, 9.17) is 11.6 Å². The molecule has 2 rings (SSSR count). The number of hydrogen-bond acceptors (Lipinski definition) is 2. The van der Waals surface area contributed by atoms with Gasteiger partial charge >= 0.3 is 0 Å². The highest BCUT2D eigenvalue weighted by atomic mass is 35.5. The fourth-order valence-electron chi connectivity index (χ4n) is 1.24. The van der Waals surface area contributed by atoms with Crippen LogP contribution in [0.5, 0.6) is 0 Å². The molecule has 0 spiro atoms. The van der Waals surface area contributed by atoms with E-state index < -0.39 is 0 Å². The van der Waals surface area contributed by atoms with E-state index in [2.05, 4.69) is 12.0 Å². The lowest BCUT2D eigenvalue weighted by molar-refractivity contribution is 0.653. The number of fused-ring (bicyclic) bond motifs is 1. The summed E-state index contributed by atoms with van der Waals surface area (Å²) in [7, 11) is 0. The molecule has 1 aliphatic heterocycles. The van der Waals surface area contributed by atoms with Crippen molar-refractivity contribution in [2.75, 3.05) is 0 Å². The number of nitrogens with zero attached hydrogens (tertiary/aromatic N) is 2. The number of hydrogen-bond donors (Lipinski definition) is 0. The van der Waals surface area contributed by atoms with Gasteiger partial charge in [-0.05, 0) is 6.92 Å². The predicted molar refractivity (Wildman–Crippen MR) is 47.9 cm³/mol. The SMILES string of the molecule is CCn1nc2c(c1Cl)CSC2. The lowest BCUT2D eigenvalue weighted by Gasteiger charge is -1.97. The van der Waals surface area contributed by atoms with Gasteiger partial charge in [0.15, 0.2) is 0 Å². The topological polar surface area (TPSA) is 17.8 Å². The molecule has 0 aliphatic carbocycles. The molecule has 2 nitrogen and oxygen atoms in total. The molecular formula is C7H9ClN2S. The number of thioether (sulfide) groups is 1. The van der Waals surface area contributed by atoms with Gasteiger partial charge in [0.05, 0.1) is 5.69 Å². The van der Waals surface area contributed by atoms with Gasteiger partial charge in [-0.25, -0.2) is 0 Å². The van der Waals surface area contributed by atoms with Gasteiger partial charge in [-0.15, -0.1) is 0 Å². The summed E-state index contributed by atoms with van der Waals surface area (Å²) in [4.78, 5) is 0. The molecule has 2 heterocycles. The molecule has 0 fully saturated rings. The van der Waals surface area contributed by atoms with Crippen LogP contribution in [-0.2, 0) is 18.1 Å². The van der Waals surface area contributed by atoms with Crippen molar-refractivity contribution in [1.29, 1.82) is 0 Å². The third-order valence-corrected chi connectivity index (χ3v) is 3.24. The molecule has 0 N–H and O–H groups in total. The first-order chi connectivity index (χ1) is 5.33. The van der Waals surface area contributed by atoms with Gasteiger partial charge in [0.25, 0.3) is 0 Å². The lowest BCUT2D eigenvalue weighted by atomic mass is 10.3. The molecule has 0 amide bonds. The monoisotopic (exact) mass is 188 g/mol. The van der Waals surface area contributed by atoms with Crippen LogP contribution in [0.15, 0.2) is 0 Å². The van der Waals surface area contributed by atoms with E-state index in [0.717, 1.165) is 23.2 Å². The van der Waals surface area contributed by atoms with Crippen molar-refractivity contribution in [1.82, 2.24) is 9.78 Å². The van der Waals surface area contributed by atoms with Crippen LogP contribution in [0, 0.1) is 0 Å². The average Bonchev–Trinajstić information content (AvgIpc) is 2.53. The van der Waals surface area contributed by atoms with Crippen LogP contribution in [0.4, 0.5) is 0 Å². The summed E-state index contributed by atoms with van der Waals surface area (Å²) >= 11 is 7.94. The van der Waals surface area contributed by atoms with Crippen LogP contribution in [-0.4, -0.2) is 9.78 Å². The first kappa shape index (κ1) is 7.50. The van der Waals surface area contributed by atoms with Gasteiger partial charge in [-0.1, -0.05) is 11.6 Å². The largest absolute Gasteiger partial charge is 0.254 e. The number of halogens is 1. The van der Waals surface area contributed by atoms with Crippen molar-refractivity contribution in [3.63, 3.8) is 0 Å². The van der Waals surface area contributed by atoms with E-state index >= 15 is 0 Å². The summed E-state index contributed by atoms with van der Waals surface area (Å²) in [6, 6.07) is 0. The summed E-state index contributed by atoms with van der Waals surface area (Å²) in [5, 5.41) is 5.21. The Balaban J connectivity index is 2.49. The molecule has 1 aliphatic rings. The Bertz CT molecular complexity index is 281. The fourth-order valence-corrected chi connectivity index (χ4v) is 2.69. The summed E-state index contributed by atoms with van der Waals surface area (Å²) in [6.45, 7) is 2.93. The van der Waals surface area contributed by atoms with Crippen LogP contribution in [0.1, 0.15) is 18.2 Å². The molecule has 0 atom stereocenters. The third kappa shape index (κ3) is 1.07. The smallest absolute Gasteiger partial charge is 0.131 e. The van der Waals surface area contributed by atoms with Gasteiger partial charge in [0.2, 0.25) is 0 Å². The van der Waals surface area contributed by atoms with Crippen LogP contribution in [0.3, 0.4) is 0 Å². The second-order valence-electron chi connectivity index (χ2n) is 2.52. The molecule has 11 heavy (non-hydrogen) atoms. The Morgan fingerprint density at radius 1 is 1.64 bits per heavy atom. The van der Waals surface area contributed by atoms with Gasteiger partial charge < -0.3 is 0 Å². The van der Waals surface area contributed by atoms with Gasteiger partial charge in [0.1, 0.15) is 5.15 Å². The second kappa shape index (κ2) is 2.72. The van der Waals surface area contributed by atoms with Gasteiger partial charge in [-0.3, -0.25) is 4.68 Å². The average molecular weight is 189 g/mol. The molecule has 0 saturated carbocycles. The second-order valence-corrected chi connectivity index (χ2v) is 3.87. The maximum Gasteiger partial charge on any atom is 0.131 e. The van der Waals surface area contributed by atoms with Gasteiger partial charge in [0, 0.05) is 23.6 Å². The van der Waals surface area contributed by atoms with Crippen molar-refractivity contribution < 1.29 is 0 Å². The number of aryl methyl sites for hydroxylation is 1. The molecule has 4 heteroatoms. The number of rotatable bonds is 1. The first-order valence-electron chi connectivity index (χ1n) is 3.64. The minimum absolute atomic E-state index is 0.840. The predicted octanol–water partition coefficient (Wildman–Crippen LogP) is 2.30. The highest BCUT2D eigenvalue weighted by molar-refractivity contribution is 7.98. The Morgan fingerprint density at radius 3 is 3.09 bits per heavy atom. The van der Waals surface area contributed by atoms with E-state index in [1.54, 1.807) is 0 Å². The van der Waals surface area contributed by atoms with E-state index in [0.29, 0.717) is 0 Å². The molecule has 0 radical (unpaired) electrons. The summed E-state index contributed by atoms with van der Waals surface area (Å²) in [5.41, 5.74) is 2.43. The van der Waals surface area contributed by atoms with E-state index in [1.807, 2.05) is 16.4 Å². The summed E-state index contributed by atoms with van der Waals surface area (Å²) < 4.78 is 1.87. The zero-order valence-corrected chi connectivity index (χ0v) is 7.87. The zero-order chi connectivity index (χ0) is 7.84. The minimum Gasteiger partial charge on any atom is -0.254 e. The third-order valence-electron chi connectivity index (χ3n) is 1.85. The molecule has 0 unspecified atom stereocenters. The summed E-state index contributed by atoms with van der Waals surface area (Å²) in [6.07, 6.45) is 0. The quantitative estimate of drug-likeness (QED) is 0.673. The Kier molecular flexibility index (Phi) is 1.85. The van der Waals surface area contributed by atoms with Crippen molar-refractivity contribution in [2.24, 2.45) is 0 Å². The van der Waals surface area contributed by atoms with Crippen molar-refractivity contribution in [3.05, 3.63) is 16.4 Å². The van der Waals surface area contributed by atoms with E-state index in [-0.39, 0.29) is 0 Å². The van der Waals surface area contributed by atoms with Crippen molar-refractivity contribution >= 4 is 23.4 Å². The molecule has 1 aromatic rings. The van der Waals surface area contributed by atoms with Gasteiger partial charge in [-0.2, -0.15) is 16.9 Å². The standard InChI is InChI=1S/C7H9ClN2S/c1-2-10-7(8)5-3-11-4-6(5)9-10/h2-4H2,1H3. The maximum absolute atomic E-state index is 6.06. The first-order valence-corrected chi connectivity index (χ1v) is 5.18. The minimum atomic E-state index is 0.840. The molecule has 1 aromatic heterocycles. The van der Waals surface area contributed by atoms with E-state index in [1.165, 1.54) is 11.3 Å². The molecular weight excluding hydrogens is 180 g/mol. The molecule has 0 bridgehead atoms. The van der Waals surface area contributed by atoms with Crippen LogP contribution in [0.25, 0.3) is 0 Å². The Morgan fingerprint density at radius 2 is 2.45 bits per heavy atom. The maximum atomic E-state index is 6.06. The number of aromatic nitrogens is 2. The summed E-state index contributed by atoms with van der Waals surface area (Å²) in [5.74, 6) is 2.07. The normalized spacial score (nSPS) is 15.5. The van der Waals surface area contributed by atoms with Crippen LogP contribution >= 0.6 is 23.4 Å². The van der Waals surface area contributed by atoms with E-state index in [9.17, 15) is 0 Å². The lowest BCUT2D eigenvalue weighted by Crippen LogP contribution is -1.97. The Hall–Kier alpha value is -0.150. The highest BCUT2D eigenvalue weighted by Gasteiger charge is 2.20.